The molecule has 0 aliphatic carbocycles. The highest BCUT2D eigenvalue weighted by molar-refractivity contribution is 7.10. The first-order valence-corrected chi connectivity index (χ1v) is 9.54. The van der Waals surface area contributed by atoms with Crippen LogP contribution >= 0.6 is 22.7 Å². The van der Waals surface area contributed by atoms with Crippen molar-refractivity contribution in [1.29, 1.82) is 0 Å². The third-order valence-electron chi connectivity index (χ3n) is 3.53. The first-order chi connectivity index (χ1) is 12.2. The predicted molar refractivity (Wildman–Crippen MR) is 99.7 cm³/mol. The van der Waals surface area contributed by atoms with E-state index in [2.05, 4.69) is 5.32 Å². The Morgan fingerprint density at radius 2 is 1.72 bits per heavy atom. The molecule has 0 radical (unpaired) electrons. The minimum Gasteiger partial charge on any atom is -0.455 e. The van der Waals surface area contributed by atoms with E-state index >= 15 is 0 Å². The van der Waals surface area contributed by atoms with Gasteiger partial charge in [0.05, 0.1) is 12.5 Å². The number of rotatable bonds is 7. The normalized spacial score (nSPS) is 11.7. The maximum absolute atomic E-state index is 12.2. The standard InChI is InChI=1S/C19H17NO3S2/c21-17(13-23-18(22)12-15-8-4-10-24-15)20-19(16-9-5-11-25-16)14-6-2-1-3-7-14/h1-11,19H,12-13H2,(H,20,21)/t19-/m0/s1. The molecule has 0 aliphatic rings. The fraction of sp³-hybridized carbons (Fsp3) is 0.158. The summed E-state index contributed by atoms with van der Waals surface area (Å²) < 4.78 is 5.09. The predicted octanol–water partition coefficient (Wildman–Crippen LogP) is 3.80. The fourth-order valence-corrected chi connectivity index (χ4v) is 3.87. The van der Waals surface area contributed by atoms with Crippen LogP contribution in [0, 0.1) is 0 Å². The molecule has 0 saturated carbocycles. The zero-order valence-corrected chi connectivity index (χ0v) is 15.0. The van der Waals surface area contributed by atoms with Gasteiger partial charge in [-0.2, -0.15) is 0 Å². The number of esters is 1. The number of carbonyl (C=O) groups is 2. The Labute approximate surface area is 154 Å². The quantitative estimate of drug-likeness (QED) is 0.643. The van der Waals surface area contributed by atoms with Gasteiger partial charge in [-0.05, 0) is 28.5 Å². The van der Waals surface area contributed by atoms with Crippen molar-refractivity contribution in [2.75, 3.05) is 6.61 Å². The van der Waals surface area contributed by atoms with Crippen LogP contribution in [-0.4, -0.2) is 18.5 Å². The first kappa shape index (κ1) is 17.4. The molecule has 3 aromatic rings. The van der Waals surface area contributed by atoms with Crippen LogP contribution in [0.3, 0.4) is 0 Å². The van der Waals surface area contributed by atoms with Crippen LogP contribution in [0.15, 0.2) is 65.4 Å². The van der Waals surface area contributed by atoms with Gasteiger partial charge in [-0.15, -0.1) is 22.7 Å². The van der Waals surface area contributed by atoms with E-state index in [1.54, 1.807) is 11.3 Å². The molecule has 0 spiro atoms. The van der Waals surface area contributed by atoms with Crippen molar-refractivity contribution in [3.63, 3.8) is 0 Å². The van der Waals surface area contributed by atoms with Gasteiger partial charge < -0.3 is 10.1 Å². The molecule has 4 nitrogen and oxygen atoms in total. The average Bonchev–Trinajstić information content (AvgIpc) is 3.32. The highest BCUT2D eigenvalue weighted by atomic mass is 32.1. The van der Waals surface area contributed by atoms with Crippen LogP contribution < -0.4 is 5.32 Å². The molecular weight excluding hydrogens is 354 g/mol. The largest absolute Gasteiger partial charge is 0.455 e. The van der Waals surface area contributed by atoms with Crippen molar-refractivity contribution in [3.05, 3.63) is 80.7 Å². The number of hydrogen-bond acceptors (Lipinski definition) is 5. The van der Waals surface area contributed by atoms with Crippen molar-refractivity contribution >= 4 is 34.6 Å². The topological polar surface area (TPSA) is 55.4 Å². The maximum Gasteiger partial charge on any atom is 0.311 e. The molecule has 0 bridgehead atoms. The molecule has 0 unspecified atom stereocenters. The molecule has 128 valence electrons. The van der Waals surface area contributed by atoms with Crippen LogP contribution in [0.2, 0.25) is 0 Å². The van der Waals surface area contributed by atoms with Gasteiger partial charge in [-0.3, -0.25) is 9.59 Å². The first-order valence-electron chi connectivity index (χ1n) is 7.78. The minimum absolute atomic E-state index is 0.192. The number of nitrogens with one attached hydrogen (secondary N) is 1. The molecular formula is C19H17NO3S2. The Balaban J connectivity index is 1.58. The van der Waals surface area contributed by atoms with E-state index in [1.165, 1.54) is 11.3 Å². The summed E-state index contributed by atoms with van der Waals surface area (Å²) in [4.78, 5) is 26.0. The van der Waals surface area contributed by atoms with Gasteiger partial charge >= 0.3 is 5.97 Å². The average molecular weight is 371 g/mol. The lowest BCUT2D eigenvalue weighted by Crippen LogP contribution is -2.32. The Morgan fingerprint density at radius 3 is 2.40 bits per heavy atom. The van der Waals surface area contributed by atoms with Gasteiger partial charge in [0.1, 0.15) is 0 Å². The number of amides is 1. The molecule has 2 heterocycles. The molecule has 25 heavy (non-hydrogen) atoms. The number of thiophene rings is 2. The summed E-state index contributed by atoms with van der Waals surface area (Å²) in [5.41, 5.74) is 0.989. The van der Waals surface area contributed by atoms with Crippen molar-refractivity contribution in [3.8, 4) is 0 Å². The Hall–Kier alpha value is -2.44. The molecule has 1 amide bonds. The summed E-state index contributed by atoms with van der Waals surface area (Å²) in [6.07, 6.45) is 0.192. The molecule has 1 N–H and O–H groups in total. The van der Waals surface area contributed by atoms with E-state index in [-0.39, 0.29) is 25.0 Å². The molecule has 0 fully saturated rings. The highest BCUT2D eigenvalue weighted by Gasteiger charge is 2.18. The van der Waals surface area contributed by atoms with Gasteiger partial charge in [0.15, 0.2) is 6.61 Å². The lowest BCUT2D eigenvalue weighted by atomic mass is 10.1. The summed E-state index contributed by atoms with van der Waals surface area (Å²) in [6, 6.07) is 17.2. The van der Waals surface area contributed by atoms with Gasteiger partial charge in [0.2, 0.25) is 0 Å². The number of carbonyl (C=O) groups excluding carboxylic acids is 2. The molecule has 1 aromatic carbocycles. The third-order valence-corrected chi connectivity index (χ3v) is 5.34. The Bertz CT molecular complexity index is 799. The summed E-state index contributed by atoms with van der Waals surface area (Å²) in [5, 5.41) is 6.82. The van der Waals surface area contributed by atoms with Gasteiger partial charge in [0.25, 0.3) is 5.91 Å². The SMILES string of the molecule is O=C(COC(=O)Cc1cccs1)N[C@@H](c1ccccc1)c1cccs1. The van der Waals surface area contributed by atoms with Crippen LogP contribution in [0.5, 0.6) is 0 Å². The zero-order valence-electron chi connectivity index (χ0n) is 13.4. The van der Waals surface area contributed by atoms with E-state index in [0.717, 1.165) is 15.3 Å². The number of hydrogen-bond donors (Lipinski definition) is 1. The summed E-state index contributed by atoms with van der Waals surface area (Å²) in [7, 11) is 0. The van der Waals surface area contributed by atoms with E-state index in [9.17, 15) is 9.59 Å². The van der Waals surface area contributed by atoms with E-state index in [1.807, 2.05) is 65.4 Å². The molecule has 2 aromatic heterocycles. The summed E-state index contributed by atoms with van der Waals surface area (Å²) >= 11 is 3.07. The van der Waals surface area contributed by atoms with E-state index in [4.69, 9.17) is 4.74 Å². The Morgan fingerprint density at radius 1 is 0.960 bits per heavy atom. The van der Waals surface area contributed by atoms with Crippen molar-refractivity contribution in [1.82, 2.24) is 5.32 Å². The van der Waals surface area contributed by atoms with Gasteiger partial charge in [-0.1, -0.05) is 42.5 Å². The zero-order chi connectivity index (χ0) is 17.5. The second kappa shape index (κ2) is 8.60. The monoisotopic (exact) mass is 371 g/mol. The molecule has 0 saturated heterocycles. The van der Waals surface area contributed by atoms with Crippen LogP contribution in [0.25, 0.3) is 0 Å². The van der Waals surface area contributed by atoms with Crippen molar-refractivity contribution in [2.24, 2.45) is 0 Å². The minimum atomic E-state index is -0.398. The van der Waals surface area contributed by atoms with Crippen molar-refractivity contribution in [2.45, 2.75) is 12.5 Å². The second-order valence-electron chi connectivity index (χ2n) is 5.34. The number of benzene rings is 1. The van der Waals surface area contributed by atoms with E-state index in [0.29, 0.717) is 0 Å². The summed E-state index contributed by atoms with van der Waals surface area (Å²) in [5.74, 6) is -0.716. The molecule has 0 aliphatic heterocycles. The van der Waals surface area contributed by atoms with Gasteiger partial charge in [-0.25, -0.2) is 0 Å². The third kappa shape index (κ3) is 5.01. The van der Waals surface area contributed by atoms with E-state index < -0.39 is 5.97 Å². The highest BCUT2D eigenvalue weighted by Crippen LogP contribution is 2.25. The molecule has 3 rings (SSSR count). The van der Waals surface area contributed by atoms with Crippen molar-refractivity contribution < 1.29 is 14.3 Å². The lowest BCUT2D eigenvalue weighted by Gasteiger charge is -2.18. The maximum atomic E-state index is 12.2. The summed E-state index contributed by atoms with van der Waals surface area (Å²) in [6.45, 7) is -0.279. The second-order valence-corrected chi connectivity index (χ2v) is 7.35. The van der Waals surface area contributed by atoms with Gasteiger partial charge in [0, 0.05) is 9.75 Å². The fourth-order valence-electron chi connectivity index (χ4n) is 2.37. The van der Waals surface area contributed by atoms with Crippen LogP contribution in [0.4, 0.5) is 0 Å². The smallest absolute Gasteiger partial charge is 0.311 e. The number of ether oxygens (including phenoxy) is 1. The van der Waals surface area contributed by atoms with Crippen LogP contribution in [-0.2, 0) is 20.7 Å². The van der Waals surface area contributed by atoms with Crippen LogP contribution in [0.1, 0.15) is 21.4 Å². The molecule has 1 atom stereocenters. The Kier molecular flexibility index (Phi) is 5.98. The molecule has 6 heteroatoms. The lowest BCUT2D eigenvalue weighted by molar-refractivity contribution is -0.147.